The highest BCUT2D eigenvalue weighted by molar-refractivity contribution is 5.12. The van der Waals surface area contributed by atoms with E-state index in [0.717, 1.165) is 31.2 Å². The highest BCUT2D eigenvalue weighted by Crippen LogP contribution is 2.33. The molecule has 1 aliphatic rings. The minimum absolute atomic E-state index is 0.625. The lowest BCUT2D eigenvalue weighted by molar-refractivity contribution is 0.343. The van der Waals surface area contributed by atoms with E-state index in [2.05, 4.69) is 49.0 Å². The first kappa shape index (κ1) is 15.6. The molecule has 0 saturated heterocycles. The molecule has 0 amide bonds. The Balaban J connectivity index is 2.04. The van der Waals surface area contributed by atoms with Crippen molar-refractivity contribution in [1.29, 1.82) is 0 Å². The van der Waals surface area contributed by atoms with Crippen LogP contribution in [0.4, 0.5) is 0 Å². The molecule has 3 unspecified atom stereocenters. The summed E-state index contributed by atoms with van der Waals surface area (Å²) in [5.74, 6) is 1.75. The molecule has 1 saturated carbocycles. The van der Waals surface area contributed by atoms with Gasteiger partial charge in [0.25, 0.3) is 0 Å². The number of rotatable bonds is 7. The smallest absolute Gasteiger partial charge is 0.0624 e. The van der Waals surface area contributed by atoms with Gasteiger partial charge < -0.3 is 5.32 Å². The Labute approximate surface area is 124 Å². The lowest BCUT2D eigenvalue weighted by atomic mass is 9.93. The second-order valence-corrected chi connectivity index (χ2v) is 6.55. The Bertz CT molecular complexity index is 410. The first-order valence-corrected chi connectivity index (χ1v) is 8.39. The summed E-state index contributed by atoms with van der Waals surface area (Å²) in [4.78, 5) is 0. The molecule has 1 heterocycles. The average molecular weight is 277 g/mol. The predicted octanol–water partition coefficient (Wildman–Crippen LogP) is 3.33. The van der Waals surface area contributed by atoms with Crippen molar-refractivity contribution in [3.63, 3.8) is 0 Å². The summed E-state index contributed by atoms with van der Waals surface area (Å²) in [6.07, 6.45) is 7.55. The van der Waals surface area contributed by atoms with E-state index in [0.29, 0.717) is 6.04 Å². The van der Waals surface area contributed by atoms with Crippen LogP contribution >= 0.6 is 0 Å². The molecule has 0 aliphatic heterocycles. The zero-order chi connectivity index (χ0) is 14.5. The van der Waals surface area contributed by atoms with E-state index in [-0.39, 0.29) is 0 Å². The molecule has 3 heteroatoms. The second-order valence-electron chi connectivity index (χ2n) is 6.55. The van der Waals surface area contributed by atoms with Gasteiger partial charge in [0, 0.05) is 25.2 Å². The van der Waals surface area contributed by atoms with Crippen molar-refractivity contribution >= 4 is 0 Å². The summed E-state index contributed by atoms with van der Waals surface area (Å²) >= 11 is 0. The molecule has 0 radical (unpaired) electrons. The molecule has 1 aromatic heterocycles. The van der Waals surface area contributed by atoms with Crippen LogP contribution in [0.3, 0.4) is 0 Å². The molecule has 2 rings (SSSR count). The molecular weight excluding hydrogens is 246 g/mol. The van der Waals surface area contributed by atoms with Crippen molar-refractivity contribution < 1.29 is 0 Å². The fraction of sp³-hybridized carbons (Fsp3) is 0.824. The van der Waals surface area contributed by atoms with Gasteiger partial charge in [0.15, 0.2) is 0 Å². The van der Waals surface area contributed by atoms with Gasteiger partial charge in [0.2, 0.25) is 0 Å². The largest absolute Gasteiger partial charge is 0.313 e. The molecule has 3 nitrogen and oxygen atoms in total. The SMILES string of the molecule is CCCNC(Cc1cc(CC)nn1C)C1CCC(C)C1. The molecule has 1 fully saturated rings. The number of nitrogens with zero attached hydrogens (tertiary/aromatic N) is 2. The minimum atomic E-state index is 0.625. The normalized spacial score (nSPS) is 24.2. The molecular formula is C17H31N3. The van der Waals surface area contributed by atoms with Gasteiger partial charge in [0.1, 0.15) is 0 Å². The lowest BCUT2D eigenvalue weighted by Gasteiger charge is -2.25. The quantitative estimate of drug-likeness (QED) is 0.828. The van der Waals surface area contributed by atoms with Crippen LogP contribution in [0, 0.1) is 11.8 Å². The van der Waals surface area contributed by atoms with Crippen LogP contribution in [0.2, 0.25) is 0 Å². The maximum absolute atomic E-state index is 4.59. The van der Waals surface area contributed by atoms with Crippen LogP contribution in [0.5, 0.6) is 0 Å². The lowest BCUT2D eigenvalue weighted by Crippen LogP contribution is -2.38. The molecule has 3 atom stereocenters. The van der Waals surface area contributed by atoms with E-state index in [1.54, 1.807) is 0 Å². The third-order valence-corrected chi connectivity index (χ3v) is 4.78. The monoisotopic (exact) mass is 277 g/mol. The van der Waals surface area contributed by atoms with E-state index < -0.39 is 0 Å². The summed E-state index contributed by atoms with van der Waals surface area (Å²) < 4.78 is 2.08. The number of aromatic nitrogens is 2. The van der Waals surface area contributed by atoms with Gasteiger partial charge in [0.05, 0.1) is 5.69 Å². The summed E-state index contributed by atoms with van der Waals surface area (Å²) in [7, 11) is 2.09. The predicted molar refractivity (Wildman–Crippen MR) is 84.9 cm³/mol. The first-order chi connectivity index (χ1) is 9.63. The average Bonchev–Trinajstić information content (AvgIpc) is 3.01. The van der Waals surface area contributed by atoms with Gasteiger partial charge in [-0.25, -0.2) is 0 Å². The fourth-order valence-electron chi connectivity index (χ4n) is 3.51. The topological polar surface area (TPSA) is 29.9 Å². The van der Waals surface area contributed by atoms with E-state index in [4.69, 9.17) is 0 Å². The van der Waals surface area contributed by atoms with Crippen molar-refractivity contribution in [2.75, 3.05) is 6.54 Å². The number of hydrogen-bond acceptors (Lipinski definition) is 2. The maximum atomic E-state index is 4.59. The fourth-order valence-corrected chi connectivity index (χ4v) is 3.51. The van der Waals surface area contributed by atoms with Crippen LogP contribution < -0.4 is 5.32 Å². The van der Waals surface area contributed by atoms with E-state index in [9.17, 15) is 0 Å². The highest BCUT2D eigenvalue weighted by Gasteiger charge is 2.29. The van der Waals surface area contributed by atoms with Gasteiger partial charge >= 0.3 is 0 Å². The van der Waals surface area contributed by atoms with Crippen molar-refractivity contribution in [2.45, 2.75) is 65.3 Å². The summed E-state index contributed by atoms with van der Waals surface area (Å²) in [6, 6.07) is 2.92. The molecule has 1 aromatic rings. The second kappa shape index (κ2) is 7.26. The van der Waals surface area contributed by atoms with Crippen LogP contribution in [-0.4, -0.2) is 22.4 Å². The van der Waals surface area contributed by atoms with Crippen molar-refractivity contribution in [1.82, 2.24) is 15.1 Å². The summed E-state index contributed by atoms with van der Waals surface area (Å²) in [5, 5.41) is 8.39. The zero-order valence-electron chi connectivity index (χ0n) is 13.7. The molecule has 0 bridgehead atoms. The zero-order valence-corrected chi connectivity index (χ0v) is 13.7. The van der Waals surface area contributed by atoms with Crippen molar-refractivity contribution in [2.24, 2.45) is 18.9 Å². The van der Waals surface area contributed by atoms with Crippen LogP contribution in [0.15, 0.2) is 6.07 Å². The molecule has 20 heavy (non-hydrogen) atoms. The molecule has 0 spiro atoms. The van der Waals surface area contributed by atoms with Crippen molar-refractivity contribution in [3.05, 3.63) is 17.5 Å². The van der Waals surface area contributed by atoms with Crippen LogP contribution in [-0.2, 0) is 19.9 Å². The van der Waals surface area contributed by atoms with Gasteiger partial charge in [-0.15, -0.1) is 0 Å². The maximum Gasteiger partial charge on any atom is 0.0624 e. The van der Waals surface area contributed by atoms with Crippen molar-refractivity contribution in [3.8, 4) is 0 Å². The van der Waals surface area contributed by atoms with Gasteiger partial charge in [-0.3, -0.25) is 4.68 Å². The Kier molecular flexibility index (Phi) is 5.64. The molecule has 0 aromatic carbocycles. The molecule has 1 N–H and O–H groups in total. The third-order valence-electron chi connectivity index (χ3n) is 4.78. The highest BCUT2D eigenvalue weighted by atomic mass is 15.3. The Hall–Kier alpha value is -0.830. The first-order valence-electron chi connectivity index (χ1n) is 8.39. The van der Waals surface area contributed by atoms with Crippen LogP contribution in [0.25, 0.3) is 0 Å². The standard InChI is InChI=1S/C17H31N3/c1-5-9-18-17(14-8-7-13(3)10-14)12-16-11-15(6-2)19-20(16)4/h11,13-14,17-18H,5-10,12H2,1-4H3. The van der Waals surface area contributed by atoms with Gasteiger partial charge in [-0.05, 0) is 50.1 Å². The Morgan fingerprint density at radius 1 is 1.40 bits per heavy atom. The van der Waals surface area contributed by atoms with Gasteiger partial charge in [-0.1, -0.05) is 27.2 Å². The summed E-state index contributed by atoms with van der Waals surface area (Å²) in [6.45, 7) is 7.96. The number of nitrogens with one attached hydrogen (secondary N) is 1. The van der Waals surface area contributed by atoms with E-state index >= 15 is 0 Å². The van der Waals surface area contributed by atoms with Gasteiger partial charge in [-0.2, -0.15) is 5.10 Å². The van der Waals surface area contributed by atoms with E-state index in [1.807, 2.05) is 0 Å². The number of hydrogen-bond donors (Lipinski definition) is 1. The Morgan fingerprint density at radius 2 is 2.20 bits per heavy atom. The Morgan fingerprint density at radius 3 is 2.75 bits per heavy atom. The van der Waals surface area contributed by atoms with Crippen LogP contribution in [0.1, 0.15) is 57.8 Å². The molecule has 114 valence electrons. The molecule has 1 aliphatic carbocycles. The number of aryl methyl sites for hydroxylation is 2. The summed E-state index contributed by atoms with van der Waals surface area (Å²) in [5.41, 5.74) is 2.60. The van der Waals surface area contributed by atoms with E-state index in [1.165, 1.54) is 37.1 Å². The third kappa shape index (κ3) is 3.85. The minimum Gasteiger partial charge on any atom is -0.313 e.